The number of hydrogen-bond acceptors (Lipinski definition) is 2. The Morgan fingerprint density at radius 3 is 3.00 bits per heavy atom. The molecule has 4 heteroatoms. The zero-order valence-corrected chi connectivity index (χ0v) is 8.57. The van der Waals surface area contributed by atoms with Gasteiger partial charge in [0, 0.05) is 31.9 Å². The van der Waals surface area contributed by atoms with Gasteiger partial charge in [-0.2, -0.15) is 0 Å². The largest absolute Gasteiger partial charge is 0.356 e. The molecule has 0 saturated heterocycles. The van der Waals surface area contributed by atoms with Crippen LogP contribution in [0.15, 0.2) is 18.7 Å². The van der Waals surface area contributed by atoms with Crippen LogP contribution in [0, 0.1) is 0 Å². The Balaban J connectivity index is 1.97. The smallest absolute Gasteiger partial charge is 0.219 e. The first-order valence-electron chi connectivity index (χ1n) is 5.05. The van der Waals surface area contributed by atoms with Gasteiger partial charge in [0.1, 0.15) is 0 Å². The van der Waals surface area contributed by atoms with Crippen LogP contribution in [0.3, 0.4) is 0 Å². The lowest BCUT2D eigenvalue weighted by molar-refractivity contribution is -0.120. The number of unbranched alkanes of at least 4 members (excludes halogenated alkanes) is 1. The number of imidazole rings is 1. The number of hydrogen-bond donors (Lipinski definition) is 1. The fraction of sp³-hybridized carbons (Fsp3) is 0.600. The van der Waals surface area contributed by atoms with Crippen LogP contribution in [0.2, 0.25) is 0 Å². The molecule has 1 aromatic heterocycles. The van der Waals surface area contributed by atoms with Crippen LogP contribution in [0.25, 0.3) is 0 Å². The summed E-state index contributed by atoms with van der Waals surface area (Å²) in [6, 6.07) is 0. The predicted octanol–water partition coefficient (Wildman–Crippen LogP) is 1.19. The summed E-state index contributed by atoms with van der Waals surface area (Å²) >= 11 is 0. The fourth-order valence-electron chi connectivity index (χ4n) is 1.19. The molecule has 4 nitrogen and oxygen atoms in total. The average molecular weight is 195 g/mol. The van der Waals surface area contributed by atoms with Crippen molar-refractivity contribution in [3.63, 3.8) is 0 Å². The number of aromatic nitrogens is 2. The van der Waals surface area contributed by atoms with Gasteiger partial charge in [0.2, 0.25) is 5.91 Å². The summed E-state index contributed by atoms with van der Waals surface area (Å²) in [5.41, 5.74) is 0. The lowest BCUT2D eigenvalue weighted by atomic mass is 10.3. The molecular formula is C10H17N3O. The average Bonchev–Trinajstić information content (AvgIpc) is 2.69. The van der Waals surface area contributed by atoms with E-state index in [1.54, 1.807) is 6.20 Å². The quantitative estimate of drug-likeness (QED) is 0.693. The van der Waals surface area contributed by atoms with Gasteiger partial charge in [0.05, 0.1) is 6.33 Å². The number of nitrogens with zero attached hydrogens (tertiary/aromatic N) is 2. The van der Waals surface area contributed by atoms with Gasteiger partial charge in [-0.05, 0) is 12.8 Å². The lowest BCUT2D eigenvalue weighted by Gasteiger charge is -2.03. The van der Waals surface area contributed by atoms with Crippen molar-refractivity contribution in [2.45, 2.75) is 32.7 Å². The maximum atomic E-state index is 10.9. The topological polar surface area (TPSA) is 46.9 Å². The van der Waals surface area contributed by atoms with E-state index < -0.39 is 0 Å². The second-order valence-electron chi connectivity index (χ2n) is 3.21. The Morgan fingerprint density at radius 2 is 2.36 bits per heavy atom. The summed E-state index contributed by atoms with van der Waals surface area (Å²) in [4.78, 5) is 14.8. The third kappa shape index (κ3) is 4.07. The molecule has 0 saturated carbocycles. The van der Waals surface area contributed by atoms with Crippen molar-refractivity contribution in [1.29, 1.82) is 0 Å². The van der Waals surface area contributed by atoms with E-state index in [2.05, 4.69) is 10.3 Å². The van der Waals surface area contributed by atoms with Crippen LogP contribution in [0.4, 0.5) is 0 Å². The summed E-state index contributed by atoms with van der Waals surface area (Å²) in [5, 5.41) is 2.85. The van der Waals surface area contributed by atoms with Crippen molar-refractivity contribution in [2.75, 3.05) is 6.54 Å². The summed E-state index contributed by atoms with van der Waals surface area (Å²) in [7, 11) is 0. The summed E-state index contributed by atoms with van der Waals surface area (Å²) in [5.74, 6) is 0.132. The third-order valence-electron chi connectivity index (χ3n) is 2.05. The zero-order chi connectivity index (χ0) is 10.2. The molecular weight excluding hydrogens is 178 g/mol. The Bertz CT molecular complexity index is 256. The Hall–Kier alpha value is -1.32. The van der Waals surface area contributed by atoms with E-state index in [-0.39, 0.29) is 5.91 Å². The lowest BCUT2D eigenvalue weighted by Crippen LogP contribution is -2.23. The van der Waals surface area contributed by atoms with E-state index in [4.69, 9.17) is 0 Å². The van der Waals surface area contributed by atoms with Gasteiger partial charge in [-0.1, -0.05) is 6.92 Å². The van der Waals surface area contributed by atoms with Crippen molar-refractivity contribution in [3.05, 3.63) is 18.7 Å². The molecule has 0 fully saturated rings. The number of carbonyl (C=O) groups excluding carboxylic acids is 1. The summed E-state index contributed by atoms with van der Waals surface area (Å²) in [6.07, 6.45) is 8.19. The fourth-order valence-corrected chi connectivity index (χ4v) is 1.19. The summed E-state index contributed by atoms with van der Waals surface area (Å²) < 4.78 is 2.04. The first kappa shape index (κ1) is 10.8. The molecule has 0 aliphatic carbocycles. The second-order valence-corrected chi connectivity index (χ2v) is 3.21. The molecule has 0 spiro atoms. The SMILES string of the molecule is CCC(=O)NCCCCn1ccnc1. The molecule has 1 rings (SSSR count). The van der Waals surface area contributed by atoms with Gasteiger partial charge in [-0.3, -0.25) is 4.79 Å². The first-order valence-corrected chi connectivity index (χ1v) is 5.05. The van der Waals surface area contributed by atoms with E-state index in [9.17, 15) is 4.79 Å². The van der Waals surface area contributed by atoms with Crippen molar-refractivity contribution in [2.24, 2.45) is 0 Å². The molecule has 1 amide bonds. The van der Waals surface area contributed by atoms with Crippen LogP contribution in [0.1, 0.15) is 26.2 Å². The summed E-state index contributed by atoms with van der Waals surface area (Å²) in [6.45, 7) is 3.62. The molecule has 14 heavy (non-hydrogen) atoms. The van der Waals surface area contributed by atoms with Crippen LogP contribution in [0.5, 0.6) is 0 Å². The maximum absolute atomic E-state index is 10.9. The Morgan fingerprint density at radius 1 is 1.50 bits per heavy atom. The van der Waals surface area contributed by atoms with Gasteiger partial charge in [-0.15, -0.1) is 0 Å². The molecule has 0 bridgehead atoms. The van der Waals surface area contributed by atoms with Crippen LogP contribution >= 0.6 is 0 Å². The molecule has 78 valence electrons. The van der Waals surface area contributed by atoms with Gasteiger partial charge in [-0.25, -0.2) is 4.98 Å². The number of nitrogens with one attached hydrogen (secondary N) is 1. The molecule has 0 unspecified atom stereocenters. The Kier molecular flexibility index (Phi) is 4.75. The molecule has 0 aromatic carbocycles. The Labute approximate surface area is 84.3 Å². The van der Waals surface area contributed by atoms with Gasteiger partial charge < -0.3 is 9.88 Å². The molecule has 0 radical (unpaired) electrons. The number of carbonyl (C=O) groups is 1. The molecule has 1 N–H and O–H groups in total. The van der Waals surface area contributed by atoms with Crippen molar-refractivity contribution in [3.8, 4) is 0 Å². The number of aryl methyl sites for hydroxylation is 1. The van der Waals surface area contributed by atoms with E-state index in [0.29, 0.717) is 6.42 Å². The minimum atomic E-state index is 0.132. The molecule has 0 aliphatic heterocycles. The molecule has 1 heterocycles. The highest BCUT2D eigenvalue weighted by atomic mass is 16.1. The molecule has 1 aromatic rings. The van der Waals surface area contributed by atoms with E-state index >= 15 is 0 Å². The van der Waals surface area contributed by atoms with Crippen molar-refractivity contribution in [1.82, 2.24) is 14.9 Å². The van der Waals surface area contributed by atoms with Gasteiger partial charge in [0.15, 0.2) is 0 Å². The van der Waals surface area contributed by atoms with Gasteiger partial charge >= 0.3 is 0 Å². The highest BCUT2D eigenvalue weighted by Gasteiger charge is 1.95. The van der Waals surface area contributed by atoms with Crippen LogP contribution in [-0.2, 0) is 11.3 Å². The van der Waals surface area contributed by atoms with E-state index in [1.165, 1.54) is 0 Å². The van der Waals surface area contributed by atoms with Crippen LogP contribution in [-0.4, -0.2) is 22.0 Å². The molecule has 0 atom stereocenters. The minimum Gasteiger partial charge on any atom is -0.356 e. The normalized spacial score (nSPS) is 10.1. The second kappa shape index (κ2) is 6.18. The number of rotatable bonds is 6. The standard InChI is InChI=1S/C10H17N3O/c1-2-10(14)12-5-3-4-7-13-8-6-11-9-13/h6,8-9H,2-5,7H2,1H3,(H,12,14). The van der Waals surface area contributed by atoms with E-state index in [1.807, 2.05) is 24.0 Å². The van der Waals surface area contributed by atoms with Crippen molar-refractivity contribution < 1.29 is 4.79 Å². The number of amides is 1. The monoisotopic (exact) mass is 195 g/mol. The minimum absolute atomic E-state index is 0.132. The molecule has 0 aliphatic rings. The van der Waals surface area contributed by atoms with E-state index in [0.717, 1.165) is 25.9 Å². The first-order chi connectivity index (χ1) is 6.83. The maximum Gasteiger partial charge on any atom is 0.219 e. The highest BCUT2D eigenvalue weighted by Crippen LogP contribution is 1.93. The third-order valence-corrected chi connectivity index (χ3v) is 2.05. The van der Waals surface area contributed by atoms with Gasteiger partial charge in [0.25, 0.3) is 0 Å². The highest BCUT2D eigenvalue weighted by molar-refractivity contribution is 5.75. The predicted molar refractivity (Wildman–Crippen MR) is 54.8 cm³/mol. The van der Waals surface area contributed by atoms with Crippen LogP contribution < -0.4 is 5.32 Å². The van der Waals surface area contributed by atoms with Crippen molar-refractivity contribution >= 4 is 5.91 Å². The zero-order valence-electron chi connectivity index (χ0n) is 8.57.